The van der Waals surface area contributed by atoms with Crippen molar-refractivity contribution in [2.45, 2.75) is 13.8 Å². The lowest BCUT2D eigenvalue weighted by molar-refractivity contribution is 0.0601. The Kier molecular flexibility index (Phi) is 7.63. The molecule has 0 spiro atoms. The van der Waals surface area contributed by atoms with E-state index in [4.69, 9.17) is 11.3 Å². The molecule has 0 heterocycles. The van der Waals surface area contributed by atoms with E-state index >= 15 is 0 Å². The molecule has 0 saturated carbocycles. The Bertz CT molecular complexity index is 1270. The summed E-state index contributed by atoms with van der Waals surface area (Å²) in [4.78, 5) is 28.5. The van der Waals surface area contributed by atoms with Crippen molar-refractivity contribution in [2.24, 2.45) is 5.92 Å². The fourth-order valence-electron chi connectivity index (χ4n) is 3.18. The lowest BCUT2D eigenvalue weighted by Crippen LogP contribution is -2.27. The van der Waals surface area contributed by atoms with Gasteiger partial charge in [-0.1, -0.05) is 74.2 Å². The fraction of sp³-hybridized carbons (Fsp3) is 0.179. The van der Waals surface area contributed by atoms with Gasteiger partial charge in [-0.2, -0.15) is 0 Å². The Hall–Kier alpha value is -4.35. The number of nitrogens with zero attached hydrogens (tertiary/aromatic N) is 1. The van der Waals surface area contributed by atoms with Gasteiger partial charge in [0.2, 0.25) is 0 Å². The number of amides is 1. The third kappa shape index (κ3) is 5.87. The van der Waals surface area contributed by atoms with Crippen molar-refractivity contribution < 1.29 is 14.3 Å². The highest BCUT2D eigenvalue weighted by Crippen LogP contribution is 2.28. The number of benzene rings is 3. The molecule has 164 valence electrons. The summed E-state index contributed by atoms with van der Waals surface area (Å²) in [5, 5.41) is 2.87. The van der Waals surface area contributed by atoms with Crippen LogP contribution in [0.1, 0.15) is 45.7 Å². The van der Waals surface area contributed by atoms with Crippen molar-refractivity contribution >= 4 is 17.6 Å². The van der Waals surface area contributed by atoms with E-state index in [9.17, 15) is 9.59 Å². The molecule has 1 N–H and O–H groups in total. The molecule has 3 aromatic rings. The topological polar surface area (TPSA) is 59.8 Å². The molecule has 0 bridgehead atoms. The minimum absolute atomic E-state index is 0.239. The molecule has 3 aromatic carbocycles. The molecule has 0 aliphatic rings. The maximum Gasteiger partial charge on any atom is 0.338 e. The molecule has 3 rings (SSSR count). The van der Waals surface area contributed by atoms with Gasteiger partial charge >= 0.3 is 5.97 Å². The molecule has 0 aromatic heterocycles. The third-order valence-corrected chi connectivity index (χ3v) is 4.91. The predicted molar refractivity (Wildman–Crippen MR) is 129 cm³/mol. The zero-order valence-electron chi connectivity index (χ0n) is 18.8. The van der Waals surface area contributed by atoms with Gasteiger partial charge in [-0.15, -0.1) is 0 Å². The number of carbonyl (C=O) groups excluding carboxylic acids is 2. The fourth-order valence-corrected chi connectivity index (χ4v) is 3.18. The molecule has 0 saturated heterocycles. The van der Waals surface area contributed by atoms with Crippen LogP contribution < -0.4 is 5.32 Å². The van der Waals surface area contributed by atoms with Crippen LogP contribution in [0.5, 0.6) is 0 Å². The van der Waals surface area contributed by atoms with E-state index < -0.39 is 5.97 Å². The Labute approximate surface area is 194 Å². The van der Waals surface area contributed by atoms with Gasteiger partial charge in [-0.25, -0.2) is 9.64 Å². The van der Waals surface area contributed by atoms with Crippen LogP contribution in [0.4, 0.5) is 5.69 Å². The van der Waals surface area contributed by atoms with Gasteiger partial charge in [-0.05, 0) is 35.2 Å². The van der Waals surface area contributed by atoms with Gasteiger partial charge in [0.15, 0.2) is 5.69 Å². The number of rotatable bonds is 5. The van der Waals surface area contributed by atoms with Crippen LogP contribution in [0, 0.1) is 24.3 Å². The number of carbonyl (C=O) groups is 2. The third-order valence-electron chi connectivity index (χ3n) is 4.91. The Morgan fingerprint density at radius 2 is 1.73 bits per heavy atom. The zero-order valence-corrected chi connectivity index (χ0v) is 18.8. The summed E-state index contributed by atoms with van der Waals surface area (Å²) < 4.78 is 4.99. The van der Waals surface area contributed by atoms with Crippen LogP contribution >= 0.6 is 0 Å². The molecule has 0 unspecified atom stereocenters. The number of nitrogens with one attached hydrogen (secondary N) is 1. The predicted octanol–water partition coefficient (Wildman–Crippen LogP) is 5.48. The molecule has 5 heteroatoms. The summed E-state index contributed by atoms with van der Waals surface area (Å²) in [6.45, 7) is 11.6. The van der Waals surface area contributed by atoms with E-state index in [1.54, 1.807) is 42.5 Å². The van der Waals surface area contributed by atoms with Crippen molar-refractivity contribution in [3.05, 3.63) is 100 Å². The van der Waals surface area contributed by atoms with Crippen LogP contribution in [-0.4, -0.2) is 25.5 Å². The molecule has 0 radical (unpaired) electrons. The molecule has 0 aliphatic carbocycles. The first kappa shape index (κ1) is 23.3. The molecular formula is C28H24N2O3. The summed E-state index contributed by atoms with van der Waals surface area (Å²) in [5.74, 6) is 5.82. The smallest absolute Gasteiger partial charge is 0.338 e. The van der Waals surface area contributed by atoms with Gasteiger partial charge in [0.05, 0.1) is 19.2 Å². The van der Waals surface area contributed by atoms with Gasteiger partial charge in [0, 0.05) is 23.2 Å². The van der Waals surface area contributed by atoms with Crippen LogP contribution in [0.15, 0.2) is 66.7 Å². The first-order chi connectivity index (χ1) is 15.9. The van der Waals surface area contributed by atoms with Crippen LogP contribution in [0.25, 0.3) is 16.0 Å². The number of ether oxygens (including phenoxy) is 1. The van der Waals surface area contributed by atoms with E-state index in [0.717, 1.165) is 16.7 Å². The number of hydrogen-bond acceptors (Lipinski definition) is 3. The Morgan fingerprint density at radius 3 is 2.39 bits per heavy atom. The summed E-state index contributed by atoms with van der Waals surface area (Å²) in [7, 11) is 1.32. The minimum atomic E-state index is -0.527. The second-order valence-corrected chi connectivity index (χ2v) is 7.81. The summed E-state index contributed by atoms with van der Waals surface area (Å²) in [6, 6.07) is 19.6. The Balaban J connectivity index is 2.02. The highest BCUT2D eigenvalue weighted by atomic mass is 16.5. The average Bonchev–Trinajstić information content (AvgIpc) is 2.85. The van der Waals surface area contributed by atoms with E-state index in [1.165, 1.54) is 7.11 Å². The van der Waals surface area contributed by atoms with Crippen molar-refractivity contribution in [1.29, 1.82) is 0 Å². The van der Waals surface area contributed by atoms with Gasteiger partial charge < -0.3 is 10.1 Å². The van der Waals surface area contributed by atoms with Gasteiger partial charge in [-0.3, -0.25) is 4.79 Å². The summed E-state index contributed by atoms with van der Waals surface area (Å²) in [6.07, 6.45) is 0. The first-order valence-corrected chi connectivity index (χ1v) is 10.5. The number of methoxy groups -OCH3 is 1. The zero-order chi connectivity index (χ0) is 23.8. The molecular weight excluding hydrogens is 412 g/mol. The molecule has 5 nitrogen and oxygen atoms in total. The van der Waals surface area contributed by atoms with Gasteiger partial charge in [0.1, 0.15) is 0 Å². The van der Waals surface area contributed by atoms with Crippen molar-refractivity contribution in [2.75, 3.05) is 13.7 Å². The van der Waals surface area contributed by atoms with Crippen molar-refractivity contribution in [1.82, 2.24) is 5.32 Å². The number of esters is 1. The maximum absolute atomic E-state index is 12.6. The molecule has 0 aliphatic heterocycles. The minimum Gasteiger partial charge on any atom is -0.465 e. The van der Waals surface area contributed by atoms with E-state index in [0.29, 0.717) is 34.8 Å². The largest absolute Gasteiger partial charge is 0.465 e. The van der Waals surface area contributed by atoms with Crippen LogP contribution in [-0.2, 0) is 4.74 Å². The van der Waals surface area contributed by atoms with E-state index in [2.05, 4.69) is 22.0 Å². The van der Waals surface area contributed by atoms with E-state index in [1.807, 2.05) is 38.1 Å². The SMILES string of the molecule is [C-]#[N+]c1ccc(C#Cc2ccccc2-c2ccc(C(=O)NCC(C)C)cc2C(=O)OC)cc1. The molecule has 1 amide bonds. The normalized spacial score (nSPS) is 10.0. The van der Waals surface area contributed by atoms with Crippen molar-refractivity contribution in [3.8, 4) is 23.0 Å². The first-order valence-electron chi connectivity index (χ1n) is 10.5. The van der Waals surface area contributed by atoms with Crippen molar-refractivity contribution in [3.63, 3.8) is 0 Å². The van der Waals surface area contributed by atoms with Crippen LogP contribution in [0.2, 0.25) is 0 Å². The molecule has 0 atom stereocenters. The van der Waals surface area contributed by atoms with Crippen LogP contribution in [0.3, 0.4) is 0 Å². The summed E-state index contributed by atoms with van der Waals surface area (Å²) in [5.41, 5.74) is 4.15. The maximum atomic E-state index is 12.6. The lowest BCUT2D eigenvalue weighted by atomic mass is 9.93. The Morgan fingerprint density at radius 1 is 1.00 bits per heavy atom. The summed E-state index contributed by atoms with van der Waals surface area (Å²) >= 11 is 0. The second-order valence-electron chi connectivity index (χ2n) is 7.81. The molecule has 33 heavy (non-hydrogen) atoms. The number of hydrogen-bond donors (Lipinski definition) is 1. The highest BCUT2D eigenvalue weighted by Gasteiger charge is 2.18. The van der Waals surface area contributed by atoms with Gasteiger partial charge in [0.25, 0.3) is 5.91 Å². The molecule has 0 fully saturated rings. The lowest BCUT2D eigenvalue weighted by Gasteiger charge is -2.13. The second kappa shape index (κ2) is 10.8. The average molecular weight is 437 g/mol. The highest BCUT2D eigenvalue weighted by molar-refractivity contribution is 6.02. The monoisotopic (exact) mass is 436 g/mol. The quantitative estimate of drug-likeness (QED) is 0.327. The standard InChI is InChI=1S/C28H24N2O3/c1-19(2)18-30-27(31)22-13-16-25(26(17-22)28(32)33-4)24-8-6-5-7-21(24)12-9-20-10-14-23(29-3)15-11-20/h5-8,10-11,13-17,19H,18H2,1-2,4H3,(H,30,31). The van der Waals surface area contributed by atoms with E-state index in [-0.39, 0.29) is 5.91 Å².